The standard InChI is InChI=1S/C21H18N6O2/c28-20(26-22-12-16-9-14-5-1-3-7-18(14)24-16)11-21(29)27-23-13-17-10-15-6-2-4-8-19(15)25-17/h1-10,12-13,24-25H,11H2,(H,26,28)(H,27,29)/b22-12-,23-13-. The molecule has 0 unspecified atom stereocenters. The van der Waals surface area contributed by atoms with Crippen molar-refractivity contribution in [3.05, 3.63) is 72.1 Å². The van der Waals surface area contributed by atoms with E-state index in [1.54, 1.807) is 0 Å². The van der Waals surface area contributed by atoms with E-state index in [4.69, 9.17) is 0 Å². The minimum absolute atomic E-state index is 0.381. The number of hydrazone groups is 2. The topological polar surface area (TPSA) is 114 Å². The molecule has 0 spiro atoms. The molecule has 0 bridgehead atoms. The number of rotatable bonds is 6. The Morgan fingerprint density at radius 1 is 0.759 bits per heavy atom. The van der Waals surface area contributed by atoms with Gasteiger partial charge in [-0.2, -0.15) is 10.2 Å². The zero-order chi connectivity index (χ0) is 20.1. The van der Waals surface area contributed by atoms with Crippen LogP contribution in [0.1, 0.15) is 17.8 Å². The Morgan fingerprint density at radius 2 is 1.21 bits per heavy atom. The van der Waals surface area contributed by atoms with E-state index in [9.17, 15) is 9.59 Å². The van der Waals surface area contributed by atoms with Crippen molar-refractivity contribution in [1.29, 1.82) is 0 Å². The number of para-hydroxylation sites is 2. The Morgan fingerprint density at radius 3 is 1.66 bits per heavy atom. The average Bonchev–Trinajstić information content (AvgIpc) is 3.30. The molecule has 0 saturated carbocycles. The summed E-state index contributed by atoms with van der Waals surface area (Å²) in [6.07, 6.45) is 2.60. The molecule has 0 fully saturated rings. The van der Waals surface area contributed by atoms with E-state index in [0.717, 1.165) is 33.2 Å². The highest BCUT2D eigenvalue weighted by molar-refractivity contribution is 5.98. The molecule has 2 aromatic carbocycles. The summed E-state index contributed by atoms with van der Waals surface area (Å²) in [7, 11) is 0. The maximum atomic E-state index is 11.8. The third kappa shape index (κ3) is 4.56. The van der Waals surface area contributed by atoms with E-state index in [1.165, 1.54) is 12.4 Å². The largest absolute Gasteiger partial charge is 0.354 e. The lowest BCUT2D eigenvalue weighted by molar-refractivity contribution is -0.129. The fraction of sp³-hybridized carbons (Fsp3) is 0.0476. The van der Waals surface area contributed by atoms with Gasteiger partial charge in [-0.3, -0.25) is 9.59 Å². The number of nitrogens with one attached hydrogen (secondary N) is 4. The molecule has 144 valence electrons. The monoisotopic (exact) mass is 386 g/mol. The van der Waals surface area contributed by atoms with E-state index in [0.29, 0.717) is 0 Å². The van der Waals surface area contributed by atoms with Gasteiger partial charge in [0.25, 0.3) is 0 Å². The third-order valence-electron chi connectivity index (χ3n) is 4.21. The summed E-state index contributed by atoms with van der Waals surface area (Å²) in [5, 5.41) is 9.82. The summed E-state index contributed by atoms with van der Waals surface area (Å²) >= 11 is 0. The van der Waals surface area contributed by atoms with Gasteiger partial charge in [-0.25, -0.2) is 10.9 Å². The second kappa shape index (κ2) is 8.22. The first-order valence-electron chi connectivity index (χ1n) is 8.97. The van der Waals surface area contributed by atoms with Gasteiger partial charge in [-0.15, -0.1) is 0 Å². The number of benzene rings is 2. The minimum Gasteiger partial charge on any atom is -0.354 e. The Balaban J connectivity index is 1.25. The molecule has 0 atom stereocenters. The van der Waals surface area contributed by atoms with Crippen LogP contribution in [0.5, 0.6) is 0 Å². The number of carbonyl (C=O) groups excluding carboxylic acids is 2. The van der Waals surface area contributed by atoms with Crippen molar-refractivity contribution in [2.45, 2.75) is 6.42 Å². The van der Waals surface area contributed by atoms with Gasteiger partial charge in [0.1, 0.15) is 6.42 Å². The van der Waals surface area contributed by atoms with E-state index in [2.05, 4.69) is 31.0 Å². The van der Waals surface area contributed by atoms with Crippen molar-refractivity contribution < 1.29 is 9.59 Å². The van der Waals surface area contributed by atoms with Gasteiger partial charge in [-0.1, -0.05) is 36.4 Å². The molecule has 0 saturated heterocycles. The molecule has 2 heterocycles. The van der Waals surface area contributed by atoms with Crippen LogP contribution < -0.4 is 10.9 Å². The fourth-order valence-corrected chi connectivity index (χ4v) is 2.90. The molecule has 0 radical (unpaired) electrons. The normalized spacial score (nSPS) is 11.6. The summed E-state index contributed by atoms with van der Waals surface area (Å²) in [4.78, 5) is 29.9. The number of hydrogen-bond donors (Lipinski definition) is 4. The lowest BCUT2D eigenvalue weighted by Gasteiger charge is -1.98. The van der Waals surface area contributed by atoms with Crippen LogP contribution in [0.15, 0.2) is 70.9 Å². The maximum Gasteiger partial charge on any atom is 0.249 e. The molecule has 2 aromatic heterocycles. The number of aromatic amines is 2. The molecule has 4 rings (SSSR count). The van der Waals surface area contributed by atoms with Crippen molar-refractivity contribution >= 4 is 46.0 Å². The number of nitrogens with zero attached hydrogens (tertiary/aromatic N) is 2. The van der Waals surface area contributed by atoms with Gasteiger partial charge >= 0.3 is 0 Å². The van der Waals surface area contributed by atoms with Crippen LogP contribution in [-0.2, 0) is 9.59 Å². The molecular weight excluding hydrogens is 368 g/mol. The third-order valence-corrected chi connectivity index (χ3v) is 4.21. The molecule has 29 heavy (non-hydrogen) atoms. The first kappa shape index (κ1) is 18.2. The van der Waals surface area contributed by atoms with Gasteiger partial charge in [0.15, 0.2) is 0 Å². The number of carbonyl (C=O) groups is 2. The quantitative estimate of drug-likeness (QED) is 0.232. The maximum absolute atomic E-state index is 11.8. The van der Waals surface area contributed by atoms with E-state index < -0.39 is 11.8 Å². The Labute approximate surface area is 165 Å². The van der Waals surface area contributed by atoms with Gasteiger partial charge in [-0.05, 0) is 24.3 Å². The molecule has 0 aliphatic carbocycles. The highest BCUT2D eigenvalue weighted by Crippen LogP contribution is 2.14. The highest BCUT2D eigenvalue weighted by atomic mass is 16.2. The number of H-pyrrole nitrogens is 2. The molecular formula is C21H18N6O2. The molecule has 8 heteroatoms. The van der Waals surface area contributed by atoms with Gasteiger partial charge < -0.3 is 9.97 Å². The SMILES string of the molecule is O=C(CC(=O)N/N=C\c1cc2ccccc2[nH]1)N/N=C\c1cc2ccccc2[nH]1. The van der Waals surface area contributed by atoms with Crippen LogP contribution in [0, 0.1) is 0 Å². The molecule has 4 aromatic rings. The summed E-state index contributed by atoms with van der Waals surface area (Å²) < 4.78 is 0. The Bertz CT molecular complexity index is 1070. The predicted molar refractivity (Wildman–Crippen MR) is 113 cm³/mol. The Hall–Kier alpha value is -4.20. The first-order valence-corrected chi connectivity index (χ1v) is 8.97. The Kier molecular flexibility index (Phi) is 5.15. The van der Waals surface area contributed by atoms with Crippen LogP contribution in [0.2, 0.25) is 0 Å². The second-order valence-electron chi connectivity index (χ2n) is 6.39. The minimum atomic E-state index is -0.532. The van der Waals surface area contributed by atoms with E-state index in [1.807, 2.05) is 60.7 Å². The summed E-state index contributed by atoms with van der Waals surface area (Å²) in [6, 6.07) is 19.4. The molecule has 0 aliphatic rings. The van der Waals surface area contributed by atoms with E-state index in [-0.39, 0.29) is 6.42 Å². The predicted octanol–water partition coefficient (Wildman–Crippen LogP) is 2.64. The lowest BCUT2D eigenvalue weighted by Crippen LogP contribution is -2.27. The van der Waals surface area contributed by atoms with Gasteiger partial charge in [0.05, 0.1) is 23.8 Å². The number of amides is 2. The molecule has 4 N–H and O–H groups in total. The zero-order valence-electron chi connectivity index (χ0n) is 15.3. The average molecular weight is 386 g/mol. The van der Waals surface area contributed by atoms with E-state index >= 15 is 0 Å². The molecule has 0 aliphatic heterocycles. The summed E-state index contributed by atoms with van der Waals surface area (Å²) in [5.41, 5.74) is 8.10. The van der Waals surface area contributed by atoms with Gasteiger partial charge in [0.2, 0.25) is 11.8 Å². The summed E-state index contributed by atoms with van der Waals surface area (Å²) in [6.45, 7) is 0. The smallest absolute Gasteiger partial charge is 0.249 e. The highest BCUT2D eigenvalue weighted by Gasteiger charge is 2.07. The van der Waals surface area contributed by atoms with Crippen LogP contribution in [0.3, 0.4) is 0 Å². The number of hydrogen-bond acceptors (Lipinski definition) is 4. The van der Waals surface area contributed by atoms with Crippen molar-refractivity contribution in [2.75, 3.05) is 0 Å². The van der Waals surface area contributed by atoms with Crippen molar-refractivity contribution in [3.63, 3.8) is 0 Å². The molecule has 2 amide bonds. The fourth-order valence-electron chi connectivity index (χ4n) is 2.90. The number of fused-ring (bicyclic) bond motifs is 2. The number of aromatic nitrogens is 2. The van der Waals surface area contributed by atoms with Crippen molar-refractivity contribution in [1.82, 2.24) is 20.8 Å². The summed E-state index contributed by atoms with van der Waals surface area (Å²) in [5.74, 6) is -1.06. The second-order valence-corrected chi connectivity index (χ2v) is 6.39. The zero-order valence-corrected chi connectivity index (χ0v) is 15.3. The van der Waals surface area contributed by atoms with Crippen LogP contribution in [0.4, 0.5) is 0 Å². The van der Waals surface area contributed by atoms with Crippen molar-refractivity contribution in [2.24, 2.45) is 10.2 Å². The van der Waals surface area contributed by atoms with Crippen molar-refractivity contribution in [3.8, 4) is 0 Å². The molecule has 8 nitrogen and oxygen atoms in total. The first-order chi connectivity index (χ1) is 14.2. The van der Waals surface area contributed by atoms with Crippen LogP contribution in [0.25, 0.3) is 21.8 Å². The van der Waals surface area contributed by atoms with Crippen LogP contribution in [-0.4, -0.2) is 34.2 Å². The van der Waals surface area contributed by atoms with Gasteiger partial charge in [0, 0.05) is 21.8 Å². The van der Waals surface area contributed by atoms with Crippen LogP contribution >= 0.6 is 0 Å². The lowest BCUT2D eigenvalue weighted by atomic mass is 10.2.